The van der Waals surface area contributed by atoms with Gasteiger partial charge in [0.2, 0.25) is 5.60 Å². The van der Waals surface area contributed by atoms with Gasteiger partial charge in [-0.3, -0.25) is 4.79 Å². The van der Waals surface area contributed by atoms with Crippen molar-refractivity contribution in [3.05, 3.63) is 28.8 Å². The molecule has 33 heavy (non-hydrogen) atoms. The third kappa shape index (κ3) is 4.20. The number of alkyl halides is 3. The van der Waals surface area contributed by atoms with Crippen LogP contribution in [0, 0.1) is 0 Å². The first-order chi connectivity index (χ1) is 15.1. The molecule has 3 aliphatic heterocycles. The molecule has 1 aromatic carbocycles. The first-order valence-electron chi connectivity index (χ1n) is 11.5. The van der Waals surface area contributed by atoms with E-state index in [9.17, 15) is 23.1 Å². The van der Waals surface area contributed by atoms with Crippen LogP contribution in [-0.4, -0.2) is 59.1 Å². The average molecular weight is 468 g/mol. The summed E-state index contributed by atoms with van der Waals surface area (Å²) in [6.07, 6.45) is -2.76. The summed E-state index contributed by atoms with van der Waals surface area (Å²) in [6.45, 7) is 9.45. The van der Waals surface area contributed by atoms with E-state index in [4.69, 9.17) is 9.31 Å². The number of fused-ring (bicyclic) bond motifs is 1. The van der Waals surface area contributed by atoms with Gasteiger partial charge in [0.05, 0.1) is 11.2 Å². The summed E-state index contributed by atoms with van der Waals surface area (Å²) in [6, 6.07) is 4.03. The van der Waals surface area contributed by atoms with Gasteiger partial charge in [0.15, 0.2) is 0 Å². The topological polar surface area (TPSA) is 71.0 Å². The molecule has 2 saturated heterocycles. The molecule has 6 nitrogen and oxygen atoms in total. The molecule has 10 heteroatoms. The standard InChI is InChI=1S/C23H32BF3N2O4/c1-20(2)21(3,4)33-24(32-20)15-11-14-8-10-29(19(30)22(5,31)23(25,26)27)13-17(14)16(12-15)18-7-6-9-28-18/h11-12,18,28,31H,6-10,13H2,1-5H3/t18-,22-/m0/s1. The molecule has 2 atom stereocenters. The number of hydrogen-bond donors (Lipinski definition) is 2. The van der Waals surface area contributed by atoms with Gasteiger partial charge in [0.25, 0.3) is 5.91 Å². The van der Waals surface area contributed by atoms with Crippen LogP contribution in [0.25, 0.3) is 0 Å². The SMILES string of the molecule is CC1(C)OB(c2cc3c(c([C@@H]4CCCN4)c2)CN(C(=O)[C@](C)(O)C(F)(F)F)CC3)OC1(C)C. The molecule has 0 spiro atoms. The van der Waals surface area contributed by atoms with Gasteiger partial charge >= 0.3 is 13.3 Å². The zero-order valence-corrected chi connectivity index (χ0v) is 19.8. The van der Waals surface area contributed by atoms with E-state index in [1.54, 1.807) is 0 Å². The van der Waals surface area contributed by atoms with Gasteiger partial charge in [-0.1, -0.05) is 12.1 Å². The Balaban J connectivity index is 1.69. The maximum atomic E-state index is 13.3. The van der Waals surface area contributed by atoms with Gasteiger partial charge < -0.3 is 24.6 Å². The lowest BCUT2D eigenvalue weighted by Gasteiger charge is -2.36. The predicted molar refractivity (Wildman–Crippen MR) is 118 cm³/mol. The molecule has 0 bridgehead atoms. The van der Waals surface area contributed by atoms with Crippen LogP contribution in [-0.2, 0) is 27.1 Å². The fraction of sp³-hybridized carbons (Fsp3) is 0.696. The Kier molecular flexibility index (Phi) is 5.92. The number of amides is 1. The zero-order valence-electron chi connectivity index (χ0n) is 19.8. The van der Waals surface area contributed by atoms with Crippen LogP contribution in [0.3, 0.4) is 0 Å². The second-order valence-electron chi connectivity index (χ2n) is 10.5. The fourth-order valence-electron chi connectivity index (χ4n) is 4.70. The third-order valence-corrected chi connectivity index (χ3v) is 7.62. The Morgan fingerprint density at radius 3 is 2.39 bits per heavy atom. The molecule has 3 aliphatic rings. The van der Waals surface area contributed by atoms with Crippen LogP contribution in [0.4, 0.5) is 13.2 Å². The Morgan fingerprint density at radius 2 is 1.85 bits per heavy atom. The number of nitrogens with one attached hydrogen (secondary N) is 1. The van der Waals surface area contributed by atoms with E-state index in [0.29, 0.717) is 13.3 Å². The fourth-order valence-corrected chi connectivity index (χ4v) is 4.70. The van der Waals surface area contributed by atoms with Crippen molar-refractivity contribution in [2.45, 2.75) is 89.4 Å². The summed E-state index contributed by atoms with van der Waals surface area (Å²) in [5.41, 5.74) is -0.762. The molecule has 3 heterocycles. The van der Waals surface area contributed by atoms with Crippen LogP contribution in [0.5, 0.6) is 0 Å². The van der Waals surface area contributed by atoms with Gasteiger partial charge in [-0.2, -0.15) is 13.2 Å². The van der Waals surface area contributed by atoms with Crippen molar-refractivity contribution in [3.8, 4) is 0 Å². The minimum absolute atomic E-state index is 0.0254. The number of nitrogens with zero attached hydrogens (tertiary/aromatic N) is 1. The maximum absolute atomic E-state index is 13.3. The Bertz CT molecular complexity index is 926. The summed E-state index contributed by atoms with van der Waals surface area (Å²) in [5.74, 6) is -1.32. The van der Waals surface area contributed by atoms with E-state index < -0.39 is 36.0 Å². The second-order valence-corrected chi connectivity index (χ2v) is 10.5. The maximum Gasteiger partial charge on any atom is 0.494 e. The van der Waals surface area contributed by atoms with E-state index in [0.717, 1.165) is 46.4 Å². The highest BCUT2D eigenvalue weighted by molar-refractivity contribution is 6.62. The smallest absolute Gasteiger partial charge is 0.399 e. The largest absolute Gasteiger partial charge is 0.494 e. The molecular formula is C23H32BF3N2O4. The van der Waals surface area contributed by atoms with Crippen molar-refractivity contribution in [3.63, 3.8) is 0 Å². The Labute approximate surface area is 192 Å². The minimum atomic E-state index is -5.04. The number of benzene rings is 1. The van der Waals surface area contributed by atoms with E-state index in [1.807, 2.05) is 39.8 Å². The van der Waals surface area contributed by atoms with E-state index >= 15 is 0 Å². The predicted octanol–water partition coefficient (Wildman–Crippen LogP) is 2.61. The first kappa shape index (κ1) is 24.5. The van der Waals surface area contributed by atoms with Crippen molar-refractivity contribution in [1.82, 2.24) is 10.2 Å². The van der Waals surface area contributed by atoms with Crippen molar-refractivity contribution in [2.75, 3.05) is 13.1 Å². The number of carbonyl (C=O) groups is 1. The third-order valence-electron chi connectivity index (χ3n) is 7.62. The van der Waals surface area contributed by atoms with Crippen molar-refractivity contribution >= 4 is 18.5 Å². The summed E-state index contributed by atoms with van der Waals surface area (Å²) in [5, 5.41) is 13.4. The lowest BCUT2D eigenvalue weighted by molar-refractivity contribution is -0.250. The lowest BCUT2D eigenvalue weighted by Crippen LogP contribution is -2.57. The van der Waals surface area contributed by atoms with Crippen LogP contribution < -0.4 is 10.8 Å². The van der Waals surface area contributed by atoms with Crippen molar-refractivity contribution in [1.29, 1.82) is 0 Å². The average Bonchev–Trinajstić information content (AvgIpc) is 3.31. The summed E-state index contributed by atoms with van der Waals surface area (Å²) in [7, 11) is -0.550. The molecule has 0 saturated carbocycles. The number of rotatable bonds is 3. The van der Waals surface area contributed by atoms with Crippen LogP contribution in [0.1, 0.15) is 70.2 Å². The van der Waals surface area contributed by atoms with Gasteiger partial charge in [0, 0.05) is 19.1 Å². The molecular weight excluding hydrogens is 436 g/mol. The molecule has 4 rings (SSSR count). The molecule has 182 valence electrons. The van der Waals surface area contributed by atoms with E-state index in [2.05, 4.69) is 5.32 Å². The van der Waals surface area contributed by atoms with Crippen LogP contribution in [0.2, 0.25) is 0 Å². The molecule has 0 radical (unpaired) electrons. The summed E-state index contributed by atoms with van der Waals surface area (Å²) in [4.78, 5) is 13.7. The zero-order chi connectivity index (χ0) is 24.4. The Hall–Kier alpha value is -1.62. The molecule has 0 unspecified atom stereocenters. The highest BCUT2D eigenvalue weighted by atomic mass is 19.4. The normalized spacial score (nSPS) is 26.3. The highest BCUT2D eigenvalue weighted by Crippen LogP contribution is 2.38. The lowest BCUT2D eigenvalue weighted by atomic mass is 9.74. The number of halogens is 3. The van der Waals surface area contributed by atoms with Gasteiger partial charge in [-0.15, -0.1) is 0 Å². The van der Waals surface area contributed by atoms with Gasteiger partial charge in [0.1, 0.15) is 0 Å². The molecule has 0 aliphatic carbocycles. The van der Waals surface area contributed by atoms with Gasteiger partial charge in [-0.25, -0.2) is 0 Å². The minimum Gasteiger partial charge on any atom is -0.399 e. The molecule has 0 aromatic heterocycles. The highest BCUT2D eigenvalue weighted by Gasteiger charge is 2.57. The Morgan fingerprint density at radius 1 is 1.21 bits per heavy atom. The molecule has 2 fully saturated rings. The second kappa shape index (κ2) is 7.97. The first-order valence-corrected chi connectivity index (χ1v) is 11.5. The summed E-state index contributed by atoms with van der Waals surface area (Å²) < 4.78 is 52.3. The molecule has 2 N–H and O–H groups in total. The van der Waals surface area contributed by atoms with E-state index in [-0.39, 0.29) is 19.1 Å². The molecule has 1 aromatic rings. The van der Waals surface area contributed by atoms with Crippen molar-refractivity contribution < 1.29 is 32.4 Å². The van der Waals surface area contributed by atoms with Crippen molar-refractivity contribution in [2.24, 2.45) is 0 Å². The monoisotopic (exact) mass is 468 g/mol. The summed E-state index contributed by atoms with van der Waals surface area (Å²) >= 11 is 0. The number of hydrogen-bond acceptors (Lipinski definition) is 5. The van der Waals surface area contributed by atoms with Crippen LogP contribution >= 0.6 is 0 Å². The van der Waals surface area contributed by atoms with Gasteiger partial charge in [-0.05, 0) is 82.6 Å². The number of carbonyl (C=O) groups excluding carboxylic acids is 1. The van der Waals surface area contributed by atoms with E-state index in [1.165, 1.54) is 0 Å². The number of aliphatic hydroxyl groups is 1. The quantitative estimate of drug-likeness (QED) is 0.668. The molecule has 1 amide bonds. The van der Waals surface area contributed by atoms with Crippen LogP contribution in [0.15, 0.2) is 12.1 Å².